The van der Waals surface area contributed by atoms with E-state index in [1.807, 2.05) is 32.2 Å². The second kappa shape index (κ2) is 5.10. The Kier molecular flexibility index (Phi) is 3.74. The molecule has 0 saturated carbocycles. The van der Waals surface area contributed by atoms with Crippen LogP contribution in [0.4, 0.5) is 5.69 Å². The lowest BCUT2D eigenvalue weighted by Gasteiger charge is -2.09. The minimum atomic E-state index is 0.693. The van der Waals surface area contributed by atoms with Crippen molar-refractivity contribution in [3.8, 4) is 0 Å². The van der Waals surface area contributed by atoms with E-state index >= 15 is 0 Å². The van der Waals surface area contributed by atoms with Crippen LogP contribution in [-0.2, 0) is 6.54 Å². The lowest BCUT2D eigenvalue weighted by Crippen LogP contribution is -2.00. The Hall–Kier alpha value is -1.000. The first-order valence-electron chi connectivity index (χ1n) is 5.26. The van der Waals surface area contributed by atoms with Crippen LogP contribution in [0, 0.1) is 13.8 Å². The quantitative estimate of drug-likeness (QED) is 0.897. The van der Waals surface area contributed by atoms with E-state index in [1.54, 1.807) is 0 Å². The van der Waals surface area contributed by atoms with Crippen LogP contribution in [0.5, 0.6) is 0 Å². The fourth-order valence-corrected chi connectivity index (χ4v) is 2.30. The van der Waals surface area contributed by atoms with Gasteiger partial charge in [-0.1, -0.05) is 11.6 Å². The Balaban J connectivity index is 2.11. The number of halogens is 2. The molecule has 2 aromatic rings. The number of rotatable bonds is 3. The lowest BCUT2D eigenvalue weighted by molar-refractivity contribution is 1.05. The van der Waals surface area contributed by atoms with Crippen molar-refractivity contribution in [2.24, 2.45) is 0 Å². The molecule has 3 nitrogen and oxygen atoms in total. The molecule has 0 spiro atoms. The molecule has 5 heteroatoms. The van der Waals surface area contributed by atoms with Crippen molar-refractivity contribution in [1.29, 1.82) is 0 Å². The average molecular weight is 315 g/mol. The maximum absolute atomic E-state index is 6.09. The molecule has 0 radical (unpaired) electrons. The van der Waals surface area contributed by atoms with Gasteiger partial charge in [0.05, 0.1) is 24.1 Å². The first kappa shape index (κ1) is 12.5. The number of aromatic nitrogens is 2. The highest BCUT2D eigenvalue weighted by molar-refractivity contribution is 9.10. The predicted octanol–water partition coefficient (Wildman–Crippen LogP) is 4.05. The monoisotopic (exact) mass is 313 g/mol. The van der Waals surface area contributed by atoms with Gasteiger partial charge < -0.3 is 10.3 Å². The van der Waals surface area contributed by atoms with Gasteiger partial charge >= 0.3 is 0 Å². The normalized spacial score (nSPS) is 10.6. The predicted molar refractivity (Wildman–Crippen MR) is 74.5 cm³/mol. The Bertz CT molecular complexity index is 537. The zero-order chi connectivity index (χ0) is 12.4. The van der Waals surface area contributed by atoms with Crippen LogP contribution in [0.25, 0.3) is 0 Å². The second-order valence-corrected chi connectivity index (χ2v) is 5.19. The summed E-state index contributed by atoms with van der Waals surface area (Å²) in [5, 5.41) is 4.07. The third kappa shape index (κ3) is 3.01. The molecule has 1 aromatic heterocycles. The van der Waals surface area contributed by atoms with Gasteiger partial charge in [0.1, 0.15) is 5.82 Å². The zero-order valence-electron chi connectivity index (χ0n) is 9.64. The van der Waals surface area contributed by atoms with Gasteiger partial charge in [-0.2, -0.15) is 0 Å². The van der Waals surface area contributed by atoms with Gasteiger partial charge in [-0.05, 0) is 47.5 Å². The maximum Gasteiger partial charge on any atom is 0.103 e. The highest BCUT2D eigenvalue weighted by Gasteiger charge is 2.04. The number of hydrogen-bond acceptors (Lipinski definition) is 2. The standard InChI is InChI=1S/C12H13BrClN3/c1-7-3-10(13)12(4-11(7)14)16-6-9-5-15-8(2)17-9/h3-5,16H,6H2,1-2H3,(H,15,17). The molecular weight excluding hydrogens is 302 g/mol. The largest absolute Gasteiger partial charge is 0.378 e. The SMILES string of the molecule is Cc1ncc(CNc2cc(Cl)c(C)cc2Br)[nH]1. The topological polar surface area (TPSA) is 40.7 Å². The molecule has 0 bridgehead atoms. The molecule has 1 heterocycles. The van der Waals surface area contributed by atoms with Crippen molar-refractivity contribution in [3.05, 3.63) is 44.9 Å². The molecule has 0 saturated heterocycles. The minimum Gasteiger partial charge on any atom is -0.378 e. The van der Waals surface area contributed by atoms with Crippen LogP contribution < -0.4 is 5.32 Å². The molecule has 0 aliphatic heterocycles. The Morgan fingerprint density at radius 2 is 2.18 bits per heavy atom. The van der Waals surface area contributed by atoms with Gasteiger partial charge in [-0.25, -0.2) is 4.98 Å². The fourth-order valence-electron chi connectivity index (χ4n) is 1.53. The summed E-state index contributed by atoms with van der Waals surface area (Å²) in [5.74, 6) is 0.919. The molecule has 2 rings (SSSR count). The maximum atomic E-state index is 6.09. The molecule has 2 N–H and O–H groups in total. The van der Waals surface area contributed by atoms with E-state index in [-0.39, 0.29) is 0 Å². The van der Waals surface area contributed by atoms with E-state index in [1.165, 1.54) is 0 Å². The number of nitrogens with one attached hydrogen (secondary N) is 2. The van der Waals surface area contributed by atoms with Crippen molar-refractivity contribution in [2.75, 3.05) is 5.32 Å². The summed E-state index contributed by atoms with van der Waals surface area (Å²) in [4.78, 5) is 7.32. The molecular formula is C12H13BrClN3. The summed E-state index contributed by atoms with van der Waals surface area (Å²) in [7, 11) is 0. The molecule has 0 atom stereocenters. The second-order valence-electron chi connectivity index (χ2n) is 3.93. The van der Waals surface area contributed by atoms with Gasteiger partial charge in [0.25, 0.3) is 0 Å². The zero-order valence-corrected chi connectivity index (χ0v) is 12.0. The van der Waals surface area contributed by atoms with Crippen molar-refractivity contribution in [1.82, 2.24) is 9.97 Å². The number of imidazole rings is 1. The van der Waals surface area contributed by atoms with Crippen molar-refractivity contribution < 1.29 is 0 Å². The summed E-state index contributed by atoms with van der Waals surface area (Å²) in [6.07, 6.45) is 1.83. The van der Waals surface area contributed by atoms with Crippen LogP contribution >= 0.6 is 27.5 Å². The number of nitrogens with zero attached hydrogens (tertiary/aromatic N) is 1. The molecule has 0 amide bonds. The van der Waals surface area contributed by atoms with E-state index in [4.69, 9.17) is 11.6 Å². The summed E-state index contributed by atoms with van der Waals surface area (Å²) in [6.45, 7) is 4.61. The third-order valence-corrected chi connectivity index (χ3v) is 3.54. The molecule has 17 heavy (non-hydrogen) atoms. The van der Waals surface area contributed by atoms with Crippen molar-refractivity contribution >= 4 is 33.2 Å². The Labute approximate surface area is 114 Å². The molecule has 90 valence electrons. The van der Waals surface area contributed by atoms with Gasteiger partial charge in [0.15, 0.2) is 0 Å². The first-order valence-corrected chi connectivity index (χ1v) is 6.43. The molecule has 1 aromatic carbocycles. The van der Waals surface area contributed by atoms with E-state index in [2.05, 4.69) is 31.2 Å². The average Bonchev–Trinajstić information content (AvgIpc) is 2.68. The van der Waals surface area contributed by atoms with Gasteiger partial charge in [0.2, 0.25) is 0 Å². The summed E-state index contributed by atoms with van der Waals surface area (Å²) < 4.78 is 1.01. The van der Waals surface area contributed by atoms with Gasteiger partial charge in [-0.15, -0.1) is 0 Å². The smallest absolute Gasteiger partial charge is 0.103 e. The van der Waals surface area contributed by atoms with Gasteiger partial charge in [-0.3, -0.25) is 0 Å². The molecule has 0 fully saturated rings. The summed E-state index contributed by atoms with van der Waals surface area (Å²) in [5.41, 5.74) is 3.08. The van der Waals surface area contributed by atoms with Crippen LogP contribution in [0.2, 0.25) is 5.02 Å². The van der Waals surface area contributed by atoms with E-state index in [9.17, 15) is 0 Å². The van der Waals surface area contributed by atoms with Crippen LogP contribution in [0.1, 0.15) is 17.1 Å². The third-order valence-electron chi connectivity index (χ3n) is 2.47. The lowest BCUT2D eigenvalue weighted by atomic mass is 10.2. The highest BCUT2D eigenvalue weighted by atomic mass is 79.9. The van der Waals surface area contributed by atoms with Crippen LogP contribution in [0.15, 0.2) is 22.8 Å². The summed E-state index contributed by atoms with van der Waals surface area (Å²) >= 11 is 9.60. The Morgan fingerprint density at radius 3 is 2.82 bits per heavy atom. The number of benzene rings is 1. The summed E-state index contributed by atoms with van der Waals surface area (Å²) in [6, 6.07) is 3.92. The number of hydrogen-bond donors (Lipinski definition) is 2. The molecule has 0 aliphatic rings. The minimum absolute atomic E-state index is 0.693. The van der Waals surface area contributed by atoms with Crippen LogP contribution in [-0.4, -0.2) is 9.97 Å². The number of H-pyrrole nitrogens is 1. The first-order chi connectivity index (χ1) is 8.06. The molecule has 0 aliphatic carbocycles. The van der Waals surface area contributed by atoms with Crippen molar-refractivity contribution in [2.45, 2.75) is 20.4 Å². The van der Waals surface area contributed by atoms with Crippen molar-refractivity contribution in [3.63, 3.8) is 0 Å². The fraction of sp³-hybridized carbons (Fsp3) is 0.250. The number of anilines is 1. The van der Waals surface area contributed by atoms with Gasteiger partial charge in [0, 0.05) is 9.50 Å². The van der Waals surface area contributed by atoms with E-state index in [0.717, 1.165) is 32.3 Å². The van der Waals surface area contributed by atoms with E-state index in [0.29, 0.717) is 6.54 Å². The number of aromatic amines is 1. The Morgan fingerprint density at radius 1 is 1.41 bits per heavy atom. The number of aryl methyl sites for hydroxylation is 2. The van der Waals surface area contributed by atoms with E-state index < -0.39 is 0 Å². The molecule has 0 unspecified atom stereocenters. The highest BCUT2D eigenvalue weighted by Crippen LogP contribution is 2.29. The van der Waals surface area contributed by atoms with Crippen LogP contribution in [0.3, 0.4) is 0 Å².